The quantitative estimate of drug-likeness (QED) is 0.172. The Hall–Kier alpha value is -1.26. The van der Waals surface area contributed by atoms with Gasteiger partial charge in [0.25, 0.3) is 0 Å². The monoisotopic (exact) mass is 426 g/mol. The predicted molar refractivity (Wildman–Crippen MR) is 127 cm³/mol. The first kappa shape index (κ1) is 28.7. The molecule has 0 heterocycles. The molecule has 2 amide bonds. The molecule has 0 rings (SSSR count). The van der Waals surface area contributed by atoms with Crippen molar-refractivity contribution < 1.29 is 14.7 Å². The molecule has 30 heavy (non-hydrogen) atoms. The van der Waals surface area contributed by atoms with Gasteiger partial charge in [0.05, 0.1) is 0 Å². The molecule has 1 atom stereocenters. The Kier molecular flexibility index (Phi) is 20.1. The third kappa shape index (κ3) is 20.0. The fourth-order valence-electron chi connectivity index (χ4n) is 3.78. The molecule has 0 aromatic carbocycles. The Bertz CT molecular complexity index is 413. The van der Waals surface area contributed by atoms with Crippen molar-refractivity contribution in [1.29, 1.82) is 0 Å². The standard InChI is InChI=1S/C25H50N2O3/c1-4-5-6-7-8-9-10-11-12-13-14-15-16-17-18-19-20-26-25(30)27-23(24(28)29)21-22(2)3/h22-23H,4-21H2,1-3H3,(H,28,29)(H2,26,27,30). The molecule has 0 bridgehead atoms. The third-order valence-corrected chi connectivity index (χ3v) is 5.63. The Balaban J connectivity index is 3.36. The number of nitrogens with one attached hydrogen (secondary N) is 2. The van der Waals surface area contributed by atoms with Crippen LogP contribution < -0.4 is 10.6 Å². The first-order valence-corrected chi connectivity index (χ1v) is 12.7. The minimum atomic E-state index is -0.971. The third-order valence-electron chi connectivity index (χ3n) is 5.63. The van der Waals surface area contributed by atoms with Crippen LogP contribution in [0.3, 0.4) is 0 Å². The maximum absolute atomic E-state index is 11.8. The fraction of sp³-hybridized carbons (Fsp3) is 0.920. The van der Waals surface area contributed by atoms with Crippen LogP contribution in [0.2, 0.25) is 0 Å². The zero-order chi connectivity index (χ0) is 22.5. The van der Waals surface area contributed by atoms with Crippen LogP contribution in [-0.2, 0) is 4.79 Å². The van der Waals surface area contributed by atoms with E-state index in [4.69, 9.17) is 5.11 Å². The molecule has 0 aliphatic carbocycles. The van der Waals surface area contributed by atoms with Gasteiger partial charge in [0.1, 0.15) is 6.04 Å². The van der Waals surface area contributed by atoms with E-state index in [9.17, 15) is 9.59 Å². The largest absolute Gasteiger partial charge is 0.480 e. The van der Waals surface area contributed by atoms with Crippen molar-refractivity contribution in [2.45, 2.75) is 136 Å². The summed E-state index contributed by atoms with van der Waals surface area (Å²) in [6.07, 6.45) is 21.7. The highest BCUT2D eigenvalue weighted by Gasteiger charge is 2.20. The van der Waals surface area contributed by atoms with Gasteiger partial charge in [-0.2, -0.15) is 0 Å². The summed E-state index contributed by atoms with van der Waals surface area (Å²) in [7, 11) is 0. The maximum Gasteiger partial charge on any atom is 0.326 e. The lowest BCUT2D eigenvalue weighted by Gasteiger charge is -2.16. The highest BCUT2D eigenvalue weighted by molar-refractivity contribution is 5.82. The minimum absolute atomic E-state index is 0.228. The molecular formula is C25H50N2O3. The predicted octanol–water partition coefficient (Wildman–Crippen LogP) is 7.05. The number of carboxylic acids is 1. The van der Waals surface area contributed by atoms with Crippen molar-refractivity contribution in [1.82, 2.24) is 10.6 Å². The fourth-order valence-corrected chi connectivity index (χ4v) is 3.78. The van der Waals surface area contributed by atoms with Crippen LogP contribution in [0.1, 0.15) is 130 Å². The molecule has 0 spiro atoms. The van der Waals surface area contributed by atoms with Crippen LogP contribution in [0.25, 0.3) is 0 Å². The van der Waals surface area contributed by atoms with E-state index in [-0.39, 0.29) is 11.9 Å². The summed E-state index contributed by atoms with van der Waals surface area (Å²) in [6, 6.07) is -1.18. The second-order valence-corrected chi connectivity index (χ2v) is 9.22. The highest BCUT2D eigenvalue weighted by Crippen LogP contribution is 2.13. The Labute approximate surface area is 186 Å². The smallest absolute Gasteiger partial charge is 0.326 e. The van der Waals surface area contributed by atoms with Crippen molar-refractivity contribution in [3.8, 4) is 0 Å². The maximum atomic E-state index is 11.8. The molecule has 0 fully saturated rings. The van der Waals surface area contributed by atoms with Gasteiger partial charge in [0, 0.05) is 6.54 Å². The summed E-state index contributed by atoms with van der Waals surface area (Å²) in [5, 5.41) is 14.5. The molecule has 0 radical (unpaired) electrons. The minimum Gasteiger partial charge on any atom is -0.480 e. The van der Waals surface area contributed by atoms with E-state index in [1.807, 2.05) is 13.8 Å². The number of aliphatic carboxylic acids is 1. The number of hydrogen-bond acceptors (Lipinski definition) is 2. The summed E-state index contributed by atoms with van der Waals surface area (Å²) in [5.41, 5.74) is 0. The van der Waals surface area contributed by atoms with Crippen LogP contribution in [0.5, 0.6) is 0 Å². The normalized spacial score (nSPS) is 12.1. The SMILES string of the molecule is CCCCCCCCCCCCCCCCCCNC(=O)NC(CC(C)C)C(=O)O. The van der Waals surface area contributed by atoms with E-state index >= 15 is 0 Å². The highest BCUT2D eigenvalue weighted by atomic mass is 16.4. The molecule has 0 aromatic rings. The molecule has 1 unspecified atom stereocenters. The molecule has 0 saturated carbocycles. The summed E-state index contributed by atoms with van der Waals surface area (Å²) in [6.45, 7) is 6.78. The van der Waals surface area contributed by atoms with Crippen LogP contribution in [0, 0.1) is 5.92 Å². The lowest BCUT2D eigenvalue weighted by Crippen LogP contribution is -2.46. The zero-order valence-electron chi connectivity index (χ0n) is 20.1. The van der Waals surface area contributed by atoms with Gasteiger partial charge in [-0.05, 0) is 18.8 Å². The van der Waals surface area contributed by atoms with Crippen LogP contribution >= 0.6 is 0 Å². The van der Waals surface area contributed by atoms with Crippen LogP contribution in [-0.4, -0.2) is 29.7 Å². The molecule has 3 N–H and O–H groups in total. The van der Waals surface area contributed by atoms with Gasteiger partial charge >= 0.3 is 12.0 Å². The number of amides is 2. The van der Waals surface area contributed by atoms with Gasteiger partial charge in [0.15, 0.2) is 0 Å². The van der Waals surface area contributed by atoms with E-state index in [1.165, 1.54) is 89.9 Å². The summed E-state index contributed by atoms with van der Waals surface area (Å²) in [4.78, 5) is 23.0. The number of urea groups is 1. The number of carbonyl (C=O) groups excluding carboxylic acids is 1. The first-order chi connectivity index (χ1) is 14.5. The second-order valence-electron chi connectivity index (χ2n) is 9.22. The zero-order valence-corrected chi connectivity index (χ0v) is 20.1. The van der Waals surface area contributed by atoms with E-state index in [0.29, 0.717) is 13.0 Å². The molecule has 0 aliphatic rings. The number of unbranched alkanes of at least 4 members (excludes halogenated alkanes) is 15. The summed E-state index contributed by atoms with van der Waals surface area (Å²) >= 11 is 0. The molecule has 0 saturated heterocycles. The van der Waals surface area contributed by atoms with Crippen LogP contribution in [0.15, 0.2) is 0 Å². The van der Waals surface area contributed by atoms with Crippen molar-refractivity contribution in [2.24, 2.45) is 5.92 Å². The topological polar surface area (TPSA) is 78.4 Å². The molecule has 5 nitrogen and oxygen atoms in total. The summed E-state index contributed by atoms with van der Waals surface area (Å²) in [5.74, 6) is -0.743. The number of rotatable bonds is 21. The van der Waals surface area contributed by atoms with E-state index < -0.39 is 12.0 Å². The van der Waals surface area contributed by atoms with E-state index in [1.54, 1.807) is 0 Å². The van der Waals surface area contributed by atoms with Crippen molar-refractivity contribution in [3.63, 3.8) is 0 Å². The first-order valence-electron chi connectivity index (χ1n) is 12.7. The van der Waals surface area contributed by atoms with Crippen molar-refractivity contribution in [3.05, 3.63) is 0 Å². The Morgan fingerprint density at radius 1 is 0.700 bits per heavy atom. The van der Waals surface area contributed by atoms with Crippen molar-refractivity contribution in [2.75, 3.05) is 6.54 Å². The number of hydrogen-bond donors (Lipinski definition) is 3. The Morgan fingerprint density at radius 2 is 1.10 bits per heavy atom. The molecule has 178 valence electrons. The lowest BCUT2D eigenvalue weighted by molar-refractivity contribution is -0.139. The number of carbonyl (C=O) groups is 2. The van der Waals surface area contributed by atoms with Crippen molar-refractivity contribution >= 4 is 12.0 Å². The van der Waals surface area contributed by atoms with Gasteiger partial charge < -0.3 is 15.7 Å². The second kappa shape index (κ2) is 21.0. The molecule has 5 heteroatoms. The Morgan fingerprint density at radius 3 is 1.47 bits per heavy atom. The molecular weight excluding hydrogens is 376 g/mol. The van der Waals surface area contributed by atoms with E-state index in [2.05, 4.69) is 17.6 Å². The molecule has 0 aromatic heterocycles. The van der Waals surface area contributed by atoms with Gasteiger partial charge in [-0.15, -0.1) is 0 Å². The summed E-state index contributed by atoms with van der Waals surface area (Å²) < 4.78 is 0. The van der Waals surface area contributed by atoms with Gasteiger partial charge in [-0.3, -0.25) is 0 Å². The molecule has 0 aliphatic heterocycles. The van der Waals surface area contributed by atoms with Gasteiger partial charge in [0.2, 0.25) is 0 Å². The van der Waals surface area contributed by atoms with Crippen LogP contribution in [0.4, 0.5) is 4.79 Å². The van der Waals surface area contributed by atoms with E-state index in [0.717, 1.165) is 12.8 Å². The average molecular weight is 427 g/mol. The van der Waals surface area contributed by atoms with Gasteiger partial charge in [-0.25, -0.2) is 9.59 Å². The number of carboxylic acid groups (broad SMARTS) is 1. The lowest BCUT2D eigenvalue weighted by atomic mass is 10.0. The average Bonchev–Trinajstić information content (AvgIpc) is 2.69. The van der Waals surface area contributed by atoms with Gasteiger partial charge in [-0.1, -0.05) is 117 Å².